The third-order valence-corrected chi connectivity index (χ3v) is 5.07. The summed E-state index contributed by atoms with van der Waals surface area (Å²) in [4.78, 5) is 33.7. The van der Waals surface area contributed by atoms with Crippen LogP contribution in [0.15, 0.2) is 0 Å². The summed E-state index contributed by atoms with van der Waals surface area (Å²) in [6, 6.07) is 0. The van der Waals surface area contributed by atoms with Gasteiger partial charge in [-0.25, -0.2) is 0 Å². The standard InChI is InChI=1S/C12H19NO7S/c13-11(15)4-2-8(12(16)17)6-10(14)7-1-3-9(5-7)21(18,19)20/h7-9H,1-6H2,(H2,13,15)(H,16,17)(H,18,19,20)/t7?,8-,9?/m1/s1. The maximum atomic E-state index is 12.0. The second kappa shape index (κ2) is 6.99. The second-order valence-corrected chi connectivity index (χ2v) is 7.05. The lowest BCUT2D eigenvalue weighted by molar-refractivity contribution is -0.144. The van der Waals surface area contributed by atoms with E-state index < -0.39 is 39.1 Å². The number of amides is 1. The molecule has 0 spiro atoms. The van der Waals surface area contributed by atoms with Gasteiger partial charge in [0.05, 0.1) is 11.2 Å². The van der Waals surface area contributed by atoms with Crippen molar-refractivity contribution in [2.75, 3.05) is 0 Å². The van der Waals surface area contributed by atoms with Crippen LogP contribution in [0.2, 0.25) is 0 Å². The fraction of sp³-hybridized carbons (Fsp3) is 0.750. The highest BCUT2D eigenvalue weighted by atomic mass is 32.2. The van der Waals surface area contributed by atoms with Crippen LogP contribution in [0.25, 0.3) is 0 Å². The third kappa shape index (κ3) is 5.43. The summed E-state index contributed by atoms with van der Waals surface area (Å²) in [5, 5.41) is 8.06. The Kier molecular flexibility index (Phi) is 5.85. The summed E-state index contributed by atoms with van der Waals surface area (Å²) in [5.74, 6) is -3.74. The Hall–Kier alpha value is -1.48. The Morgan fingerprint density at radius 3 is 2.29 bits per heavy atom. The van der Waals surface area contributed by atoms with Gasteiger partial charge in [0, 0.05) is 18.8 Å². The molecule has 1 fully saturated rings. The second-order valence-electron chi connectivity index (χ2n) is 5.36. The number of carboxylic acids is 1. The van der Waals surface area contributed by atoms with Crippen LogP contribution in [0.3, 0.4) is 0 Å². The molecule has 0 aromatic carbocycles. The molecule has 3 atom stereocenters. The van der Waals surface area contributed by atoms with E-state index in [2.05, 4.69) is 0 Å². The molecule has 1 amide bonds. The highest BCUT2D eigenvalue weighted by molar-refractivity contribution is 7.86. The average molecular weight is 321 g/mol. The number of nitrogens with two attached hydrogens (primary N) is 1. The highest BCUT2D eigenvalue weighted by Crippen LogP contribution is 2.32. The number of aliphatic carboxylic acids is 1. The van der Waals surface area contributed by atoms with Gasteiger partial charge in [0.1, 0.15) is 5.78 Å². The highest BCUT2D eigenvalue weighted by Gasteiger charge is 2.37. The van der Waals surface area contributed by atoms with Gasteiger partial charge in [0.15, 0.2) is 0 Å². The number of carboxylic acid groups (broad SMARTS) is 1. The molecule has 2 unspecified atom stereocenters. The molecule has 1 saturated carbocycles. The van der Waals surface area contributed by atoms with Crippen LogP contribution in [-0.4, -0.2) is 41.0 Å². The zero-order valence-corrected chi connectivity index (χ0v) is 12.2. The van der Waals surface area contributed by atoms with Crippen LogP contribution in [0.1, 0.15) is 38.5 Å². The Bertz CT molecular complexity index is 528. The molecule has 120 valence electrons. The first-order chi connectivity index (χ1) is 9.61. The van der Waals surface area contributed by atoms with Crippen molar-refractivity contribution in [3.05, 3.63) is 0 Å². The molecule has 0 radical (unpaired) electrons. The van der Waals surface area contributed by atoms with E-state index in [0.717, 1.165) is 0 Å². The molecular weight excluding hydrogens is 302 g/mol. The first kappa shape index (κ1) is 17.6. The predicted molar refractivity (Wildman–Crippen MR) is 71.9 cm³/mol. The minimum atomic E-state index is -4.16. The first-order valence-corrected chi connectivity index (χ1v) is 8.11. The van der Waals surface area contributed by atoms with E-state index in [9.17, 15) is 22.8 Å². The molecule has 0 aliphatic heterocycles. The van der Waals surface area contributed by atoms with Crippen LogP contribution >= 0.6 is 0 Å². The molecule has 0 heterocycles. The van der Waals surface area contributed by atoms with Crippen LogP contribution in [0, 0.1) is 11.8 Å². The maximum Gasteiger partial charge on any atom is 0.306 e. The number of hydrogen-bond donors (Lipinski definition) is 3. The lowest BCUT2D eigenvalue weighted by atomic mass is 9.90. The molecule has 8 nitrogen and oxygen atoms in total. The van der Waals surface area contributed by atoms with Crippen LogP contribution in [-0.2, 0) is 24.5 Å². The van der Waals surface area contributed by atoms with E-state index in [1.165, 1.54) is 0 Å². The van der Waals surface area contributed by atoms with Crippen LogP contribution in [0.5, 0.6) is 0 Å². The third-order valence-electron chi connectivity index (χ3n) is 3.80. The predicted octanol–water partition coefficient (Wildman–Crippen LogP) is -0.0316. The molecule has 0 aromatic rings. The van der Waals surface area contributed by atoms with E-state index in [-0.39, 0.29) is 37.9 Å². The normalized spacial score (nSPS) is 23.7. The fourth-order valence-electron chi connectivity index (χ4n) is 2.54. The molecule has 0 aromatic heterocycles. The van der Waals surface area contributed by atoms with E-state index in [1.807, 2.05) is 0 Å². The molecule has 0 bridgehead atoms. The van der Waals surface area contributed by atoms with Gasteiger partial charge in [-0.2, -0.15) is 8.42 Å². The number of primary amides is 1. The Morgan fingerprint density at radius 2 is 1.86 bits per heavy atom. The number of ketones is 1. The van der Waals surface area contributed by atoms with Gasteiger partial charge in [0.2, 0.25) is 5.91 Å². The summed E-state index contributed by atoms with van der Waals surface area (Å²) in [6.45, 7) is 0. The van der Waals surface area contributed by atoms with E-state index in [0.29, 0.717) is 6.42 Å². The molecule has 0 saturated heterocycles. The zero-order chi connectivity index (χ0) is 16.2. The van der Waals surface area contributed by atoms with E-state index >= 15 is 0 Å². The fourth-order valence-corrected chi connectivity index (χ4v) is 3.45. The van der Waals surface area contributed by atoms with E-state index in [4.69, 9.17) is 15.4 Å². The molecule has 1 aliphatic carbocycles. The summed E-state index contributed by atoms with van der Waals surface area (Å²) in [5.41, 5.74) is 4.95. The SMILES string of the molecule is NC(=O)CC[C@H](CC(=O)C1CCC(S(=O)(=O)O)C1)C(=O)O. The zero-order valence-electron chi connectivity index (χ0n) is 11.4. The summed E-state index contributed by atoms with van der Waals surface area (Å²) in [7, 11) is -4.16. The summed E-state index contributed by atoms with van der Waals surface area (Å²) in [6.07, 6.45) is 0.110. The number of rotatable bonds is 8. The van der Waals surface area contributed by atoms with Gasteiger partial charge in [-0.05, 0) is 25.7 Å². The molecule has 1 rings (SSSR count). The van der Waals surface area contributed by atoms with E-state index in [1.54, 1.807) is 0 Å². The van der Waals surface area contributed by atoms with Crippen molar-refractivity contribution in [2.24, 2.45) is 17.6 Å². The van der Waals surface area contributed by atoms with Gasteiger partial charge < -0.3 is 10.8 Å². The van der Waals surface area contributed by atoms with Crippen molar-refractivity contribution >= 4 is 27.8 Å². The number of hydrogen-bond acceptors (Lipinski definition) is 5. The van der Waals surface area contributed by atoms with Gasteiger partial charge in [0.25, 0.3) is 10.1 Å². The minimum Gasteiger partial charge on any atom is -0.481 e. The van der Waals surface area contributed by atoms with Crippen LogP contribution < -0.4 is 5.73 Å². The molecule has 21 heavy (non-hydrogen) atoms. The van der Waals surface area contributed by atoms with Crippen molar-refractivity contribution in [3.8, 4) is 0 Å². The number of carbonyl (C=O) groups excluding carboxylic acids is 2. The van der Waals surface area contributed by atoms with Crippen molar-refractivity contribution in [3.63, 3.8) is 0 Å². The Morgan fingerprint density at radius 1 is 1.24 bits per heavy atom. The Labute approximate surface area is 122 Å². The molecular formula is C12H19NO7S. The first-order valence-electron chi connectivity index (χ1n) is 6.61. The topological polar surface area (TPSA) is 152 Å². The quantitative estimate of drug-likeness (QED) is 0.531. The smallest absolute Gasteiger partial charge is 0.306 e. The van der Waals surface area contributed by atoms with Gasteiger partial charge in [-0.15, -0.1) is 0 Å². The van der Waals surface area contributed by atoms with Crippen molar-refractivity contribution < 1.29 is 32.5 Å². The molecule has 4 N–H and O–H groups in total. The van der Waals surface area contributed by atoms with Crippen LogP contribution in [0.4, 0.5) is 0 Å². The maximum absolute atomic E-state index is 12.0. The van der Waals surface area contributed by atoms with Gasteiger partial charge >= 0.3 is 5.97 Å². The lowest BCUT2D eigenvalue weighted by Crippen LogP contribution is -2.24. The number of carbonyl (C=O) groups is 3. The summed E-state index contributed by atoms with van der Waals surface area (Å²) >= 11 is 0. The lowest BCUT2D eigenvalue weighted by Gasteiger charge is -2.14. The molecule has 9 heteroatoms. The van der Waals surface area contributed by atoms with Gasteiger partial charge in [-0.1, -0.05) is 0 Å². The van der Waals surface area contributed by atoms with Crippen molar-refractivity contribution in [1.29, 1.82) is 0 Å². The average Bonchev–Trinajstić information content (AvgIpc) is 2.82. The monoisotopic (exact) mass is 321 g/mol. The minimum absolute atomic E-state index is 0.0137. The Balaban J connectivity index is 2.59. The van der Waals surface area contributed by atoms with Crippen molar-refractivity contribution in [1.82, 2.24) is 0 Å². The van der Waals surface area contributed by atoms with Crippen molar-refractivity contribution in [2.45, 2.75) is 43.8 Å². The van der Waals surface area contributed by atoms with Gasteiger partial charge in [-0.3, -0.25) is 18.9 Å². The number of Topliss-reactive ketones (excluding diaryl/α,β-unsaturated/α-hetero) is 1. The molecule has 1 aliphatic rings. The largest absolute Gasteiger partial charge is 0.481 e. The summed E-state index contributed by atoms with van der Waals surface area (Å²) < 4.78 is 31.0.